The quantitative estimate of drug-likeness (QED) is 0.538. The molecule has 2 fully saturated rings. The molecule has 1 spiro atoms. The number of esters is 1. The summed E-state index contributed by atoms with van der Waals surface area (Å²) in [5.41, 5.74) is 0. The molecule has 2 rings (SSSR count). The lowest BCUT2D eigenvalue weighted by atomic mass is 9.93. The highest BCUT2D eigenvalue weighted by atomic mass is 16.7. The molecule has 0 amide bonds. The Morgan fingerprint density at radius 2 is 1.85 bits per heavy atom. The molecular weight excluding hydrogens is 168 g/mol. The van der Waals surface area contributed by atoms with Gasteiger partial charge >= 0.3 is 5.97 Å². The van der Waals surface area contributed by atoms with E-state index in [1.165, 1.54) is 6.42 Å². The minimum absolute atomic E-state index is 0.196. The first-order valence-electron chi connectivity index (χ1n) is 4.79. The van der Waals surface area contributed by atoms with Crippen LogP contribution in [0.4, 0.5) is 0 Å². The van der Waals surface area contributed by atoms with Crippen LogP contribution < -0.4 is 0 Å². The molecular formula is C10H14O3. The van der Waals surface area contributed by atoms with Gasteiger partial charge in [0.05, 0.1) is 0 Å². The van der Waals surface area contributed by atoms with Gasteiger partial charge in [-0.15, -0.1) is 0 Å². The smallest absolute Gasteiger partial charge is 0.316 e. The van der Waals surface area contributed by atoms with E-state index < -0.39 is 5.79 Å². The van der Waals surface area contributed by atoms with Gasteiger partial charge in [-0.25, -0.2) is 0 Å². The lowest BCUT2D eigenvalue weighted by molar-refractivity contribution is -0.244. The van der Waals surface area contributed by atoms with Crippen molar-refractivity contribution in [2.45, 2.75) is 44.3 Å². The second-order valence-electron chi connectivity index (χ2n) is 3.76. The van der Waals surface area contributed by atoms with Crippen molar-refractivity contribution < 1.29 is 14.3 Å². The van der Waals surface area contributed by atoms with E-state index in [2.05, 4.69) is 6.58 Å². The van der Waals surface area contributed by atoms with Gasteiger partial charge in [-0.3, -0.25) is 4.79 Å². The summed E-state index contributed by atoms with van der Waals surface area (Å²) in [5.74, 6) is -0.290. The highest BCUT2D eigenvalue weighted by Gasteiger charge is 2.41. The topological polar surface area (TPSA) is 35.5 Å². The Hall–Kier alpha value is -0.990. The molecule has 1 aliphatic carbocycles. The SMILES string of the molecule is C=C1CC(=O)OC2(CCCCC2)O1. The molecule has 0 bridgehead atoms. The van der Waals surface area contributed by atoms with E-state index in [1.807, 2.05) is 0 Å². The fourth-order valence-corrected chi connectivity index (χ4v) is 2.02. The van der Waals surface area contributed by atoms with E-state index in [1.54, 1.807) is 0 Å². The number of rotatable bonds is 0. The largest absolute Gasteiger partial charge is 0.457 e. The van der Waals surface area contributed by atoms with Crippen LogP contribution >= 0.6 is 0 Å². The lowest BCUT2D eigenvalue weighted by Crippen LogP contribution is -2.43. The zero-order valence-electron chi connectivity index (χ0n) is 7.67. The van der Waals surface area contributed by atoms with Crippen molar-refractivity contribution in [3.05, 3.63) is 12.3 Å². The molecule has 0 N–H and O–H groups in total. The maximum atomic E-state index is 11.2. The Morgan fingerprint density at radius 3 is 2.46 bits per heavy atom. The van der Waals surface area contributed by atoms with Crippen molar-refractivity contribution in [2.75, 3.05) is 0 Å². The van der Waals surface area contributed by atoms with E-state index in [4.69, 9.17) is 9.47 Å². The molecule has 1 saturated carbocycles. The second-order valence-corrected chi connectivity index (χ2v) is 3.76. The van der Waals surface area contributed by atoms with Crippen molar-refractivity contribution in [3.8, 4) is 0 Å². The van der Waals surface area contributed by atoms with Crippen LogP contribution in [0.25, 0.3) is 0 Å². The van der Waals surface area contributed by atoms with Crippen molar-refractivity contribution >= 4 is 5.97 Å². The van der Waals surface area contributed by atoms with E-state index in [0.29, 0.717) is 5.76 Å². The van der Waals surface area contributed by atoms with Crippen molar-refractivity contribution in [1.29, 1.82) is 0 Å². The van der Waals surface area contributed by atoms with Crippen LogP contribution in [0.1, 0.15) is 38.5 Å². The summed E-state index contributed by atoms with van der Waals surface area (Å²) in [6, 6.07) is 0. The summed E-state index contributed by atoms with van der Waals surface area (Å²) >= 11 is 0. The zero-order chi connectivity index (χ0) is 9.31. The maximum absolute atomic E-state index is 11.2. The van der Waals surface area contributed by atoms with Gasteiger partial charge in [-0.05, 0) is 12.8 Å². The molecule has 0 radical (unpaired) electrons. The third-order valence-corrected chi connectivity index (χ3v) is 2.59. The standard InChI is InChI=1S/C10H14O3/c1-8-7-9(11)13-10(12-8)5-3-2-4-6-10/h1-7H2. The minimum atomic E-state index is -0.648. The van der Waals surface area contributed by atoms with Gasteiger partial charge in [0.1, 0.15) is 12.2 Å². The van der Waals surface area contributed by atoms with Crippen LogP contribution in [0, 0.1) is 0 Å². The highest BCUT2D eigenvalue weighted by Crippen LogP contribution is 2.37. The first-order valence-corrected chi connectivity index (χ1v) is 4.79. The molecule has 1 heterocycles. The average molecular weight is 182 g/mol. The molecule has 0 unspecified atom stereocenters. The molecule has 1 aliphatic heterocycles. The van der Waals surface area contributed by atoms with Gasteiger partial charge in [-0.2, -0.15) is 0 Å². The molecule has 0 aromatic heterocycles. The summed E-state index contributed by atoms with van der Waals surface area (Å²) in [7, 11) is 0. The molecule has 13 heavy (non-hydrogen) atoms. The van der Waals surface area contributed by atoms with Crippen molar-refractivity contribution in [2.24, 2.45) is 0 Å². The van der Waals surface area contributed by atoms with Crippen molar-refractivity contribution in [3.63, 3.8) is 0 Å². The Morgan fingerprint density at radius 1 is 1.15 bits per heavy atom. The fraction of sp³-hybridized carbons (Fsp3) is 0.700. The monoisotopic (exact) mass is 182 g/mol. The van der Waals surface area contributed by atoms with Crippen LogP contribution in [0.15, 0.2) is 12.3 Å². The van der Waals surface area contributed by atoms with Crippen molar-refractivity contribution in [1.82, 2.24) is 0 Å². The third-order valence-electron chi connectivity index (χ3n) is 2.59. The Bertz CT molecular complexity index is 221. The van der Waals surface area contributed by atoms with Gasteiger partial charge in [0.2, 0.25) is 0 Å². The third kappa shape index (κ3) is 1.69. The summed E-state index contributed by atoms with van der Waals surface area (Å²) in [4.78, 5) is 11.2. The minimum Gasteiger partial charge on any atom is -0.457 e. The number of carbonyl (C=O) groups excluding carboxylic acids is 1. The summed E-state index contributed by atoms with van der Waals surface area (Å²) in [6.45, 7) is 3.69. The molecule has 0 aromatic rings. The van der Waals surface area contributed by atoms with E-state index >= 15 is 0 Å². The Balaban J connectivity index is 2.11. The average Bonchev–Trinajstić information content (AvgIpc) is 2.02. The van der Waals surface area contributed by atoms with Crippen LogP contribution in [0.5, 0.6) is 0 Å². The summed E-state index contributed by atoms with van der Waals surface area (Å²) in [5, 5.41) is 0. The van der Waals surface area contributed by atoms with Crippen LogP contribution in [0.2, 0.25) is 0 Å². The van der Waals surface area contributed by atoms with Gasteiger partial charge in [0, 0.05) is 12.8 Å². The highest BCUT2D eigenvalue weighted by molar-refractivity contribution is 5.73. The summed E-state index contributed by atoms with van der Waals surface area (Å²) in [6.07, 6.45) is 5.19. The predicted octanol–water partition coefficient (Wildman–Crippen LogP) is 2.12. The summed E-state index contributed by atoms with van der Waals surface area (Å²) < 4.78 is 10.8. The van der Waals surface area contributed by atoms with E-state index in [0.717, 1.165) is 25.7 Å². The molecule has 2 aliphatic rings. The molecule has 1 saturated heterocycles. The molecule has 0 aromatic carbocycles. The maximum Gasteiger partial charge on any atom is 0.316 e. The first kappa shape index (κ1) is 8.60. The van der Waals surface area contributed by atoms with E-state index in [-0.39, 0.29) is 12.4 Å². The fourth-order valence-electron chi connectivity index (χ4n) is 2.02. The zero-order valence-corrected chi connectivity index (χ0v) is 7.67. The molecule has 0 atom stereocenters. The van der Waals surface area contributed by atoms with Gasteiger partial charge in [-0.1, -0.05) is 13.0 Å². The number of hydrogen-bond acceptors (Lipinski definition) is 3. The lowest BCUT2D eigenvalue weighted by Gasteiger charge is -2.40. The van der Waals surface area contributed by atoms with Crippen LogP contribution in [-0.4, -0.2) is 11.8 Å². The van der Waals surface area contributed by atoms with Gasteiger partial charge < -0.3 is 9.47 Å². The molecule has 72 valence electrons. The van der Waals surface area contributed by atoms with Crippen LogP contribution in [0.3, 0.4) is 0 Å². The van der Waals surface area contributed by atoms with Gasteiger partial charge in [0.15, 0.2) is 0 Å². The predicted molar refractivity (Wildman–Crippen MR) is 46.8 cm³/mol. The molecule has 3 nitrogen and oxygen atoms in total. The normalized spacial score (nSPS) is 26.8. The Labute approximate surface area is 77.7 Å². The Kier molecular flexibility index (Phi) is 2.02. The second kappa shape index (κ2) is 3.05. The number of hydrogen-bond donors (Lipinski definition) is 0. The first-order chi connectivity index (χ1) is 6.20. The number of ether oxygens (including phenoxy) is 2. The number of carbonyl (C=O) groups is 1. The van der Waals surface area contributed by atoms with E-state index in [9.17, 15) is 4.79 Å². The molecule has 3 heteroatoms. The van der Waals surface area contributed by atoms with Gasteiger partial charge in [0.25, 0.3) is 5.79 Å². The van der Waals surface area contributed by atoms with Crippen LogP contribution in [-0.2, 0) is 14.3 Å².